The third-order valence-electron chi connectivity index (χ3n) is 14.6. The lowest BCUT2D eigenvalue weighted by atomic mass is 9.76. The quantitative estimate of drug-likeness (QED) is 0.0447. The van der Waals surface area contributed by atoms with E-state index in [9.17, 15) is 18.5 Å². The van der Waals surface area contributed by atoms with Crippen LogP contribution in [0.15, 0.2) is 164 Å². The average Bonchev–Trinajstić information content (AvgIpc) is 4.10. The smallest absolute Gasteiger partial charge is 0.301 e. The Morgan fingerprint density at radius 3 is 1.99 bits per heavy atom. The zero-order valence-corrected chi connectivity index (χ0v) is 42.3. The van der Waals surface area contributed by atoms with Crippen molar-refractivity contribution in [3.63, 3.8) is 0 Å². The highest BCUT2D eigenvalue weighted by molar-refractivity contribution is 7.90. The second-order valence-electron chi connectivity index (χ2n) is 19.0. The molecule has 0 unspecified atom stereocenters. The first-order valence-electron chi connectivity index (χ1n) is 24.9. The number of carbonyl (C=O) groups is 1. The number of benzene rings is 5. The van der Waals surface area contributed by atoms with Crippen molar-refractivity contribution in [3.8, 4) is 11.1 Å². The molecule has 2 aliphatic heterocycles. The van der Waals surface area contributed by atoms with Crippen LogP contribution in [0, 0.1) is 21.7 Å². The number of non-ortho nitro benzene ring substituents is 1. The number of ketones is 1. The van der Waals surface area contributed by atoms with Crippen molar-refractivity contribution in [3.05, 3.63) is 225 Å². The highest BCUT2D eigenvalue weighted by atomic mass is 32.2. The maximum Gasteiger partial charge on any atom is 0.301 e. The van der Waals surface area contributed by atoms with Crippen LogP contribution in [-0.2, 0) is 28.7 Å². The van der Waals surface area contributed by atoms with Gasteiger partial charge < -0.3 is 14.4 Å². The fraction of sp³-hybridized carbons (Fsp3) is 0.211. The molecular formula is C57H51F2N11O5S. The highest BCUT2D eigenvalue weighted by Crippen LogP contribution is 2.45. The molecule has 19 heteroatoms. The number of nitrogens with zero attached hydrogens (tertiary/aromatic N) is 10. The van der Waals surface area contributed by atoms with Crippen LogP contribution in [0.5, 0.6) is 0 Å². The van der Waals surface area contributed by atoms with Gasteiger partial charge in [-0.2, -0.15) is 17.8 Å². The number of halogens is 2. The third-order valence-corrected chi connectivity index (χ3v) is 16.2. The fourth-order valence-corrected chi connectivity index (χ4v) is 11.4. The van der Waals surface area contributed by atoms with Gasteiger partial charge in [-0.1, -0.05) is 97.9 Å². The Morgan fingerprint density at radius 1 is 0.789 bits per heavy atom. The first-order valence-corrected chi connectivity index (χ1v) is 26.4. The number of nitro benzene ring substituents is 1. The van der Waals surface area contributed by atoms with Crippen LogP contribution in [0.2, 0.25) is 0 Å². The minimum Gasteiger partial charge on any atom is -0.367 e. The Kier molecular flexibility index (Phi) is 13.2. The Hall–Kier alpha value is -8.68. The number of hydrogen-bond acceptors (Lipinski definition) is 11. The standard InChI is InChI=1S/C57H51F2N11O5S/c1-3-65(2)76(74,75)64-51-24-23-49(58)52(53(51)59)54(71)48-37-68(57(41-13-7-4-8-14-41,42-15-9-5-10-16-42)43-17-11-6-12-18-43)55-47(48)31-38(32-60-55)39-33-61-56(62-34-39)66-28-25-45(26-29-66)69-36-40-35-67(30-27-50(40)63-69)44-19-21-46(22-20-44)70(72)73/h4-24,31-34,36-37,45,64H,3,25-30,35H2,1-2H3. The monoisotopic (exact) mass is 1040 g/mol. The van der Waals surface area contributed by atoms with Crippen molar-refractivity contribution in [1.29, 1.82) is 0 Å². The maximum atomic E-state index is 16.7. The van der Waals surface area contributed by atoms with Crippen molar-refractivity contribution in [2.75, 3.05) is 47.7 Å². The molecule has 2 aliphatic rings. The number of hydrogen-bond donors (Lipinski definition) is 1. The van der Waals surface area contributed by atoms with Crippen LogP contribution >= 0.6 is 0 Å². The van der Waals surface area contributed by atoms with E-state index in [0.717, 1.165) is 75.9 Å². The van der Waals surface area contributed by atoms with E-state index in [1.165, 1.54) is 19.2 Å². The summed E-state index contributed by atoms with van der Waals surface area (Å²) in [6, 6.07) is 39.5. The summed E-state index contributed by atoms with van der Waals surface area (Å²) in [6.45, 7) is 4.49. The minimum atomic E-state index is -4.26. The number of anilines is 3. The van der Waals surface area contributed by atoms with E-state index >= 15 is 13.6 Å². The number of rotatable bonds is 15. The molecule has 0 amide bonds. The van der Waals surface area contributed by atoms with Gasteiger partial charge in [-0.3, -0.25) is 24.3 Å². The van der Waals surface area contributed by atoms with Crippen molar-refractivity contribution in [2.45, 2.75) is 44.3 Å². The van der Waals surface area contributed by atoms with E-state index in [1.54, 1.807) is 49.9 Å². The Bertz CT molecular complexity index is 3630. The second-order valence-corrected chi connectivity index (χ2v) is 20.7. The topological polar surface area (TPSA) is 178 Å². The molecule has 16 nitrogen and oxygen atoms in total. The van der Waals surface area contributed by atoms with Gasteiger partial charge in [-0.25, -0.2) is 23.7 Å². The molecule has 0 bridgehead atoms. The number of aromatic nitrogens is 6. The van der Waals surface area contributed by atoms with Gasteiger partial charge in [-0.05, 0) is 59.9 Å². The van der Waals surface area contributed by atoms with E-state index < -0.39 is 49.3 Å². The molecule has 0 aliphatic carbocycles. The number of nitrogens with one attached hydrogen (secondary N) is 1. The van der Waals surface area contributed by atoms with E-state index in [2.05, 4.69) is 25.4 Å². The van der Waals surface area contributed by atoms with Crippen LogP contribution in [0.25, 0.3) is 22.2 Å². The van der Waals surface area contributed by atoms with E-state index in [4.69, 9.17) is 20.1 Å². The molecule has 11 rings (SSSR count). The number of carbonyl (C=O) groups excluding carboxylic acids is 1. The summed E-state index contributed by atoms with van der Waals surface area (Å²) in [5, 5.41) is 16.5. The molecule has 1 fully saturated rings. The SMILES string of the molecule is CCN(C)S(=O)(=O)Nc1ccc(F)c(C(=O)c2cn(C(c3ccccc3)(c3ccccc3)c3ccccc3)c3ncc(-c4cnc(N5CCC(n6cc7c(n6)CCN(c6ccc([N+](=O)[O-])cc6)C7)CC5)nc4)cc23)c1F. The maximum absolute atomic E-state index is 16.7. The van der Waals surface area contributed by atoms with Crippen LogP contribution in [0.1, 0.15) is 69.7 Å². The molecule has 1 saturated heterocycles. The Labute approximate surface area is 437 Å². The highest BCUT2D eigenvalue weighted by Gasteiger charge is 2.41. The minimum absolute atomic E-state index is 0.0634. The molecule has 0 atom stereocenters. The molecular weight excluding hydrogens is 989 g/mol. The van der Waals surface area contributed by atoms with Crippen molar-refractivity contribution in [1.82, 2.24) is 33.6 Å². The molecule has 384 valence electrons. The van der Waals surface area contributed by atoms with Gasteiger partial charge in [0.25, 0.3) is 5.69 Å². The van der Waals surface area contributed by atoms with Crippen LogP contribution in [0.3, 0.4) is 0 Å². The molecule has 6 heterocycles. The lowest BCUT2D eigenvalue weighted by Crippen LogP contribution is -2.37. The molecule has 0 radical (unpaired) electrons. The summed E-state index contributed by atoms with van der Waals surface area (Å²) in [7, 11) is -2.95. The van der Waals surface area contributed by atoms with Gasteiger partial charge in [0.1, 0.15) is 17.0 Å². The number of nitro groups is 1. The third kappa shape index (κ3) is 9.00. The average molecular weight is 1040 g/mol. The molecule has 5 aromatic carbocycles. The van der Waals surface area contributed by atoms with Crippen molar-refractivity contribution in [2.24, 2.45) is 0 Å². The summed E-state index contributed by atoms with van der Waals surface area (Å²) >= 11 is 0. The van der Waals surface area contributed by atoms with Gasteiger partial charge in [0.05, 0.1) is 33.5 Å². The summed E-state index contributed by atoms with van der Waals surface area (Å²) in [5.74, 6) is -3.03. The Morgan fingerprint density at radius 2 is 1.39 bits per heavy atom. The number of fused-ring (bicyclic) bond motifs is 2. The second kappa shape index (κ2) is 20.2. The first kappa shape index (κ1) is 49.5. The molecule has 0 spiro atoms. The van der Waals surface area contributed by atoms with E-state index in [1.807, 2.05) is 95.6 Å². The van der Waals surface area contributed by atoms with Crippen molar-refractivity contribution >= 4 is 50.0 Å². The van der Waals surface area contributed by atoms with Gasteiger partial charge in [-0.15, -0.1) is 0 Å². The van der Waals surface area contributed by atoms with E-state index in [0.29, 0.717) is 42.4 Å². The van der Waals surface area contributed by atoms with Crippen molar-refractivity contribution < 1.29 is 26.9 Å². The van der Waals surface area contributed by atoms with Gasteiger partial charge in [0, 0.05) is 117 Å². The van der Waals surface area contributed by atoms with Crippen LogP contribution in [0.4, 0.5) is 31.8 Å². The Balaban J connectivity index is 0.931. The predicted octanol–water partition coefficient (Wildman–Crippen LogP) is 9.96. The van der Waals surface area contributed by atoms with Gasteiger partial charge in [0.15, 0.2) is 5.82 Å². The first-order chi connectivity index (χ1) is 36.8. The predicted molar refractivity (Wildman–Crippen MR) is 287 cm³/mol. The molecule has 9 aromatic rings. The van der Waals surface area contributed by atoms with E-state index in [-0.39, 0.29) is 29.2 Å². The van der Waals surface area contributed by atoms with Crippen LogP contribution in [-0.4, -0.2) is 86.0 Å². The lowest BCUT2D eigenvalue weighted by Gasteiger charge is -2.38. The molecule has 4 aromatic heterocycles. The largest absolute Gasteiger partial charge is 0.367 e. The molecule has 76 heavy (non-hydrogen) atoms. The number of piperidine rings is 1. The zero-order valence-electron chi connectivity index (χ0n) is 41.5. The summed E-state index contributed by atoms with van der Waals surface area (Å²) in [6.07, 6.45) is 11.2. The van der Waals surface area contributed by atoms with Gasteiger partial charge >= 0.3 is 10.2 Å². The van der Waals surface area contributed by atoms with Crippen LogP contribution < -0.4 is 14.5 Å². The zero-order chi connectivity index (χ0) is 52.7. The summed E-state index contributed by atoms with van der Waals surface area (Å²) in [4.78, 5) is 44.9. The number of pyridine rings is 1. The lowest BCUT2D eigenvalue weighted by molar-refractivity contribution is -0.384. The normalized spacial score (nSPS) is 14.3. The van der Waals surface area contributed by atoms with Gasteiger partial charge in [0.2, 0.25) is 11.7 Å². The fourth-order valence-electron chi connectivity index (χ4n) is 10.5. The summed E-state index contributed by atoms with van der Waals surface area (Å²) < 4.78 is 66.1. The molecule has 1 N–H and O–H groups in total. The molecule has 0 saturated carbocycles. The summed E-state index contributed by atoms with van der Waals surface area (Å²) in [5.41, 5.74) is 4.29.